The highest BCUT2D eigenvalue weighted by Crippen LogP contribution is 2.46. The van der Waals surface area contributed by atoms with Crippen LogP contribution in [0.25, 0.3) is 104 Å². The largest absolute Gasteiger partial charge is 0.310 e. The molecule has 13 rings (SSSR count). The Hall–Kier alpha value is -8.98. The second kappa shape index (κ2) is 16.5. The van der Waals surface area contributed by atoms with Gasteiger partial charge in [-0.2, -0.15) is 0 Å². The van der Waals surface area contributed by atoms with Gasteiger partial charge in [0.2, 0.25) is 0 Å². The summed E-state index contributed by atoms with van der Waals surface area (Å²) in [6.45, 7) is 0. The highest BCUT2D eigenvalue weighted by Gasteiger charge is 2.21. The minimum Gasteiger partial charge on any atom is -0.310 e. The molecule has 13 aromatic rings. The molecule has 2 nitrogen and oxygen atoms in total. The molecule has 0 N–H and O–H groups in total. The molecule has 0 spiro atoms. The first kappa shape index (κ1) is 39.4. The first-order valence-electron chi connectivity index (χ1n) is 23.4. The molecule has 1 heterocycles. The van der Waals surface area contributed by atoms with Gasteiger partial charge < -0.3 is 9.47 Å². The zero-order valence-corrected chi connectivity index (χ0v) is 37.3. The van der Waals surface area contributed by atoms with Gasteiger partial charge in [0, 0.05) is 33.3 Å². The Morgan fingerprint density at radius 1 is 0.250 bits per heavy atom. The summed E-state index contributed by atoms with van der Waals surface area (Å²) < 4.78 is 2.44. The summed E-state index contributed by atoms with van der Waals surface area (Å²) in [6.07, 6.45) is 0. The van der Waals surface area contributed by atoms with Crippen LogP contribution in [0.4, 0.5) is 17.1 Å². The van der Waals surface area contributed by atoms with E-state index in [1.807, 2.05) is 0 Å². The summed E-state index contributed by atoms with van der Waals surface area (Å²) in [7, 11) is 0. The number of hydrogen-bond donors (Lipinski definition) is 0. The van der Waals surface area contributed by atoms with E-state index in [9.17, 15) is 0 Å². The van der Waals surface area contributed by atoms with Gasteiger partial charge in [-0.25, -0.2) is 0 Å². The fourth-order valence-corrected chi connectivity index (χ4v) is 10.5. The monoisotopic (exact) mass is 864 g/mol. The number of para-hydroxylation sites is 3. The lowest BCUT2D eigenvalue weighted by atomic mass is 9.92. The molecule has 0 aliphatic rings. The maximum absolute atomic E-state index is 2.45. The van der Waals surface area contributed by atoms with Crippen molar-refractivity contribution in [2.24, 2.45) is 0 Å². The van der Waals surface area contributed by atoms with Crippen LogP contribution in [-0.4, -0.2) is 4.57 Å². The number of nitrogens with zero attached hydrogens (tertiary/aromatic N) is 2. The maximum Gasteiger partial charge on any atom is 0.0541 e. The van der Waals surface area contributed by atoms with Crippen LogP contribution < -0.4 is 4.90 Å². The van der Waals surface area contributed by atoms with Crippen molar-refractivity contribution in [2.75, 3.05) is 4.90 Å². The summed E-state index contributed by atoms with van der Waals surface area (Å²) in [4.78, 5) is 2.45. The van der Waals surface area contributed by atoms with E-state index in [4.69, 9.17) is 0 Å². The highest BCUT2D eigenvalue weighted by atomic mass is 15.1. The van der Waals surface area contributed by atoms with Gasteiger partial charge in [-0.05, 0) is 132 Å². The van der Waals surface area contributed by atoms with Crippen LogP contribution in [0.2, 0.25) is 0 Å². The molecule has 2 heteroatoms. The molecular formula is C66H44N2. The van der Waals surface area contributed by atoms with E-state index >= 15 is 0 Å². The third-order valence-electron chi connectivity index (χ3n) is 13.8. The summed E-state index contributed by atoms with van der Waals surface area (Å²) in [6, 6.07) is 97.7. The Kier molecular flexibility index (Phi) is 9.54. The molecule has 0 amide bonds. The standard InChI is InChI=1S/C66H44N2/c1-2-17-45(18-3-1)51-37-40-66(68-64-31-14-10-27-58(64)59-28-11-15-32-65(59)68)61(43-51)47-35-38-53(39-36-47)67(54-23-16-22-49(42-54)50-34-33-46-19-4-5-20-48(46)41-50)63-30-13-12-29-60(63)62-44-52-21-6-7-24-55(52)56-25-8-9-26-57(56)62/h1-44H. The fourth-order valence-electron chi connectivity index (χ4n) is 10.5. The van der Waals surface area contributed by atoms with Gasteiger partial charge in [0.1, 0.15) is 0 Å². The average molecular weight is 865 g/mol. The van der Waals surface area contributed by atoms with Crippen molar-refractivity contribution in [3.63, 3.8) is 0 Å². The molecule has 0 fully saturated rings. The lowest BCUT2D eigenvalue weighted by Crippen LogP contribution is -2.11. The number of anilines is 3. The van der Waals surface area contributed by atoms with E-state index in [2.05, 4.69) is 276 Å². The molecule has 0 radical (unpaired) electrons. The molecule has 0 aliphatic carbocycles. The average Bonchev–Trinajstić information content (AvgIpc) is 3.75. The van der Waals surface area contributed by atoms with E-state index in [1.165, 1.54) is 81.9 Å². The van der Waals surface area contributed by atoms with Crippen LogP contribution >= 0.6 is 0 Å². The number of aromatic nitrogens is 1. The molecule has 0 saturated carbocycles. The Labute approximate surface area is 395 Å². The molecule has 0 saturated heterocycles. The molecule has 1 aromatic heterocycles. The first-order valence-corrected chi connectivity index (χ1v) is 23.4. The van der Waals surface area contributed by atoms with Crippen molar-refractivity contribution in [3.05, 3.63) is 267 Å². The van der Waals surface area contributed by atoms with Crippen molar-refractivity contribution in [2.45, 2.75) is 0 Å². The van der Waals surface area contributed by atoms with Crippen molar-refractivity contribution < 1.29 is 0 Å². The predicted molar refractivity (Wildman–Crippen MR) is 290 cm³/mol. The Morgan fingerprint density at radius 3 is 1.59 bits per heavy atom. The van der Waals surface area contributed by atoms with Crippen molar-refractivity contribution in [1.29, 1.82) is 0 Å². The summed E-state index contributed by atoms with van der Waals surface area (Å²) in [5.41, 5.74) is 16.2. The number of hydrogen-bond acceptors (Lipinski definition) is 1. The van der Waals surface area contributed by atoms with E-state index in [0.717, 1.165) is 39.4 Å². The molecule has 0 aliphatic heterocycles. The van der Waals surface area contributed by atoms with Gasteiger partial charge in [-0.15, -0.1) is 0 Å². The van der Waals surface area contributed by atoms with Crippen LogP contribution in [0, 0.1) is 0 Å². The van der Waals surface area contributed by atoms with Gasteiger partial charge in [-0.3, -0.25) is 0 Å². The number of fused-ring (bicyclic) bond motifs is 7. The van der Waals surface area contributed by atoms with E-state index < -0.39 is 0 Å². The SMILES string of the molecule is c1ccc(-c2ccc(-n3c4ccccc4c4ccccc43)c(-c3ccc(N(c4cccc(-c5ccc6ccccc6c5)c4)c4ccccc4-c4cc5ccccc5c5ccccc45)cc3)c2)cc1. The summed E-state index contributed by atoms with van der Waals surface area (Å²) in [5, 5.41) is 9.93. The van der Waals surface area contributed by atoms with Crippen LogP contribution in [0.1, 0.15) is 0 Å². The second-order valence-electron chi connectivity index (χ2n) is 17.7. The lowest BCUT2D eigenvalue weighted by Gasteiger charge is -2.29. The number of rotatable bonds is 8. The van der Waals surface area contributed by atoms with Gasteiger partial charge in [0.25, 0.3) is 0 Å². The third-order valence-corrected chi connectivity index (χ3v) is 13.8. The number of benzene rings is 12. The molecular weight excluding hydrogens is 821 g/mol. The normalized spacial score (nSPS) is 11.5. The molecule has 0 atom stereocenters. The third kappa shape index (κ3) is 6.73. The van der Waals surface area contributed by atoms with E-state index in [0.29, 0.717) is 0 Å². The Balaban J connectivity index is 1.01. The minimum atomic E-state index is 1.07. The first-order chi connectivity index (χ1) is 33.7. The predicted octanol–water partition coefficient (Wildman–Crippen LogP) is 18.4. The van der Waals surface area contributed by atoms with Gasteiger partial charge in [0.15, 0.2) is 0 Å². The van der Waals surface area contributed by atoms with E-state index in [-0.39, 0.29) is 0 Å². The topological polar surface area (TPSA) is 8.17 Å². The molecule has 0 bridgehead atoms. The smallest absolute Gasteiger partial charge is 0.0541 e. The molecule has 68 heavy (non-hydrogen) atoms. The van der Waals surface area contributed by atoms with Crippen LogP contribution in [0.3, 0.4) is 0 Å². The molecule has 318 valence electrons. The Bertz CT molecular complexity index is 3980. The van der Waals surface area contributed by atoms with Gasteiger partial charge >= 0.3 is 0 Å². The quantitative estimate of drug-likeness (QED) is 0.138. The van der Waals surface area contributed by atoms with Crippen LogP contribution in [0.15, 0.2) is 267 Å². The molecule has 0 unspecified atom stereocenters. The maximum atomic E-state index is 2.45. The van der Waals surface area contributed by atoms with Crippen LogP contribution in [-0.2, 0) is 0 Å². The lowest BCUT2D eigenvalue weighted by molar-refractivity contribution is 1.18. The molecule has 12 aromatic carbocycles. The van der Waals surface area contributed by atoms with Crippen molar-refractivity contribution >= 4 is 71.2 Å². The van der Waals surface area contributed by atoms with Crippen molar-refractivity contribution in [3.8, 4) is 50.2 Å². The Morgan fingerprint density at radius 2 is 0.809 bits per heavy atom. The summed E-state index contributed by atoms with van der Waals surface area (Å²) in [5.74, 6) is 0. The van der Waals surface area contributed by atoms with Gasteiger partial charge in [-0.1, -0.05) is 200 Å². The zero-order chi connectivity index (χ0) is 45.0. The van der Waals surface area contributed by atoms with Crippen LogP contribution in [0.5, 0.6) is 0 Å². The fraction of sp³-hybridized carbons (Fsp3) is 0. The zero-order valence-electron chi connectivity index (χ0n) is 37.3. The summed E-state index contributed by atoms with van der Waals surface area (Å²) >= 11 is 0. The van der Waals surface area contributed by atoms with Gasteiger partial charge in [0.05, 0.1) is 22.4 Å². The van der Waals surface area contributed by atoms with E-state index in [1.54, 1.807) is 0 Å². The van der Waals surface area contributed by atoms with Crippen molar-refractivity contribution in [1.82, 2.24) is 4.57 Å². The minimum absolute atomic E-state index is 1.07. The second-order valence-corrected chi connectivity index (χ2v) is 17.7. The highest BCUT2D eigenvalue weighted by molar-refractivity contribution is 6.15.